The molecule has 2 nitrogen and oxygen atoms in total. The minimum absolute atomic E-state index is 1.17. The van der Waals surface area contributed by atoms with E-state index in [9.17, 15) is 0 Å². The van der Waals surface area contributed by atoms with Gasteiger partial charge >= 0.3 is 0 Å². The van der Waals surface area contributed by atoms with Crippen LogP contribution in [0.4, 0.5) is 0 Å². The molecule has 0 atom stereocenters. The molecule has 0 saturated carbocycles. The highest BCUT2D eigenvalue weighted by Gasteiger charge is 2.16. The monoisotopic (exact) mass is 574 g/mol. The summed E-state index contributed by atoms with van der Waals surface area (Å²) in [4.78, 5) is 0. The van der Waals surface area contributed by atoms with Gasteiger partial charge in [0.2, 0.25) is 0 Å². The molecule has 9 rings (SSSR count). The lowest BCUT2D eigenvalue weighted by Gasteiger charge is -2.11. The first-order valence-electron chi connectivity index (χ1n) is 15.5. The molecule has 0 saturated heterocycles. The second-order valence-corrected chi connectivity index (χ2v) is 11.9. The molecule has 0 fully saturated rings. The van der Waals surface area contributed by atoms with Gasteiger partial charge in [0, 0.05) is 32.9 Å². The van der Waals surface area contributed by atoms with Crippen LogP contribution < -0.4 is 0 Å². The minimum Gasteiger partial charge on any atom is -0.309 e. The smallest absolute Gasteiger partial charge is 0.0547 e. The zero-order chi connectivity index (χ0) is 29.9. The van der Waals surface area contributed by atoms with Gasteiger partial charge in [0.05, 0.1) is 22.1 Å². The van der Waals surface area contributed by atoms with Gasteiger partial charge in [-0.25, -0.2) is 0 Å². The van der Waals surface area contributed by atoms with Gasteiger partial charge < -0.3 is 9.13 Å². The highest BCUT2D eigenvalue weighted by molar-refractivity contribution is 6.12. The first kappa shape index (κ1) is 25.6. The van der Waals surface area contributed by atoms with Crippen molar-refractivity contribution in [2.75, 3.05) is 0 Å². The van der Waals surface area contributed by atoms with E-state index in [1.54, 1.807) is 0 Å². The van der Waals surface area contributed by atoms with Gasteiger partial charge in [-0.3, -0.25) is 0 Å². The van der Waals surface area contributed by atoms with Crippen LogP contribution in [0.25, 0.3) is 77.2 Å². The lowest BCUT2D eigenvalue weighted by atomic mass is 10.0. The number of nitrogens with zero attached hydrogens (tertiary/aromatic N) is 2. The normalized spacial score (nSPS) is 11.7. The largest absolute Gasteiger partial charge is 0.309 e. The Labute approximate surface area is 262 Å². The zero-order valence-corrected chi connectivity index (χ0v) is 25.0. The first-order chi connectivity index (χ1) is 22.2. The second kappa shape index (κ2) is 10.1. The quantitative estimate of drug-likeness (QED) is 0.198. The lowest BCUT2D eigenvalue weighted by Crippen LogP contribution is -1.94. The maximum atomic E-state index is 2.43. The van der Waals surface area contributed by atoms with Crippen molar-refractivity contribution in [3.8, 4) is 33.6 Å². The number of rotatable bonds is 4. The van der Waals surface area contributed by atoms with E-state index in [0.717, 1.165) is 0 Å². The van der Waals surface area contributed by atoms with Gasteiger partial charge in [-0.1, -0.05) is 109 Å². The summed E-state index contributed by atoms with van der Waals surface area (Å²) in [6.45, 7) is 2.17. The Morgan fingerprint density at radius 1 is 0.311 bits per heavy atom. The van der Waals surface area contributed by atoms with Crippen LogP contribution in [0.5, 0.6) is 0 Å². The average molecular weight is 575 g/mol. The summed E-state index contributed by atoms with van der Waals surface area (Å²) in [5, 5.41) is 5.07. The fourth-order valence-corrected chi connectivity index (χ4v) is 7.03. The summed E-state index contributed by atoms with van der Waals surface area (Å²) < 4.78 is 4.80. The van der Waals surface area contributed by atoms with Crippen molar-refractivity contribution >= 4 is 43.6 Å². The Bertz CT molecular complexity index is 2510. The highest BCUT2D eigenvalue weighted by atomic mass is 15.0. The molecule has 0 unspecified atom stereocenters. The third-order valence-corrected chi connectivity index (χ3v) is 9.18. The molecule has 2 aromatic heterocycles. The van der Waals surface area contributed by atoms with Gasteiger partial charge in [0.25, 0.3) is 0 Å². The van der Waals surface area contributed by atoms with Crippen molar-refractivity contribution in [3.63, 3.8) is 0 Å². The van der Waals surface area contributed by atoms with E-state index in [0.29, 0.717) is 0 Å². The molecule has 0 aliphatic carbocycles. The number of hydrogen-bond acceptors (Lipinski definition) is 0. The standard InChI is InChI=1S/C43H30N2/c1-29-16-23-37-38-24-19-33(28-43(38)45(42(37)26-29)35-21-17-31(18-22-35)30-10-4-2-5-11-30)32-20-25-41-39(27-32)36-14-8-9-15-40(36)44(41)34-12-6-3-7-13-34/h2-28H,1H3. The van der Waals surface area contributed by atoms with E-state index >= 15 is 0 Å². The van der Waals surface area contributed by atoms with E-state index in [2.05, 4.69) is 180 Å². The number of para-hydroxylation sites is 2. The molecular formula is C43H30N2. The van der Waals surface area contributed by atoms with Crippen LogP contribution in [-0.2, 0) is 0 Å². The van der Waals surface area contributed by atoms with Crippen molar-refractivity contribution < 1.29 is 0 Å². The van der Waals surface area contributed by atoms with Crippen molar-refractivity contribution in [1.29, 1.82) is 0 Å². The fourth-order valence-electron chi connectivity index (χ4n) is 7.03. The van der Waals surface area contributed by atoms with Crippen LogP contribution >= 0.6 is 0 Å². The molecule has 45 heavy (non-hydrogen) atoms. The summed E-state index contributed by atoms with van der Waals surface area (Å²) in [6.07, 6.45) is 0. The maximum Gasteiger partial charge on any atom is 0.0547 e. The summed E-state index contributed by atoms with van der Waals surface area (Å²) in [7, 11) is 0. The molecule has 0 spiro atoms. The predicted octanol–water partition coefficient (Wildman–Crippen LogP) is 11.5. The summed E-state index contributed by atoms with van der Waals surface area (Å²) in [5.74, 6) is 0. The molecule has 0 bridgehead atoms. The summed E-state index contributed by atoms with van der Waals surface area (Å²) in [5.41, 5.74) is 13.4. The number of benzene rings is 7. The van der Waals surface area contributed by atoms with E-state index < -0.39 is 0 Å². The van der Waals surface area contributed by atoms with Gasteiger partial charge in [0.1, 0.15) is 0 Å². The molecule has 2 heteroatoms. The summed E-state index contributed by atoms with van der Waals surface area (Å²) in [6, 6.07) is 59.6. The molecule has 0 aliphatic rings. The topological polar surface area (TPSA) is 9.86 Å². The Morgan fingerprint density at radius 3 is 1.62 bits per heavy atom. The Morgan fingerprint density at radius 2 is 0.822 bits per heavy atom. The van der Waals surface area contributed by atoms with Gasteiger partial charge in [-0.2, -0.15) is 0 Å². The molecule has 0 radical (unpaired) electrons. The number of aromatic nitrogens is 2. The van der Waals surface area contributed by atoms with E-state index in [1.165, 1.54) is 82.8 Å². The van der Waals surface area contributed by atoms with Crippen molar-refractivity contribution in [1.82, 2.24) is 9.13 Å². The van der Waals surface area contributed by atoms with E-state index in [-0.39, 0.29) is 0 Å². The summed E-state index contributed by atoms with van der Waals surface area (Å²) >= 11 is 0. The molecule has 7 aromatic carbocycles. The third kappa shape index (κ3) is 4.11. The molecule has 0 amide bonds. The lowest BCUT2D eigenvalue weighted by molar-refractivity contribution is 1.18. The molecule has 9 aromatic rings. The average Bonchev–Trinajstić information content (AvgIpc) is 3.60. The van der Waals surface area contributed by atoms with Crippen molar-refractivity contribution in [2.24, 2.45) is 0 Å². The molecular weight excluding hydrogens is 544 g/mol. The first-order valence-corrected chi connectivity index (χ1v) is 15.5. The third-order valence-electron chi connectivity index (χ3n) is 9.18. The fraction of sp³-hybridized carbons (Fsp3) is 0.0233. The van der Waals surface area contributed by atoms with Crippen LogP contribution in [0.1, 0.15) is 5.56 Å². The van der Waals surface area contributed by atoms with Crippen molar-refractivity contribution in [3.05, 3.63) is 169 Å². The Hall–Kier alpha value is -5.86. The second-order valence-electron chi connectivity index (χ2n) is 11.9. The minimum atomic E-state index is 1.17. The number of hydrogen-bond donors (Lipinski definition) is 0. The van der Waals surface area contributed by atoms with Crippen LogP contribution in [-0.4, -0.2) is 9.13 Å². The van der Waals surface area contributed by atoms with Gasteiger partial charge in [0.15, 0.2) is 0 Å². The van der Waals surface area contributed by atoms with E-state index in [4.69, 9.17) is 0 Å². The Balaban J connectivity index is 1.24. The molecule has 0 aliphatic heterocycles. The Kier molecular flexibility index (Phi) is 5.76. The SMILES string of the molecule is Cc1ccc2c3ccc(-c4ccc5c(c4)c4ccccc4n5-c4ccccc4)cc3n(-c3ccc(-c4ccccc4)cc3)c2c1. The van der Waals surface area contributed by atoms with Crippen LogP contribution in [0.3, 0.4) is 0 Å². The maximum absolute atomic E-state index is 2.43. The highest BCUT2D eigenvalue weighted by Crippen LogP contribution is 2.38. The zero-order valence-electron chi connectivity index (χ0n) is 25.0. The van der Waals surface area contributed by atoms with Crippen LogP contribution in [0.2, 0.25) is 0 Å². The van der Waals surface area contributed by atoms with Crippen LogP contribution in [0, 0.1) is 6.92 Å². The van der Waals surface area contributed by atoms with Crippen LogP contribution in [0.15, 0.2) is 164 Å². The molecule has 0 N–H and O–H groups in total. The number of fused-ring (bicyclic) bond motifs is 6. The van der Waals surface area contributed by atoms with Gasteiger partial charge in [-0.15, -0.1) is 0 Å². The molecule has 212 valence electrons. The predicted molar refractivity (Wildman–Crippen MR) is 191 cm³/mol. The van der Waals surface area contributed by atoms with Gasteiger partial charge in [-0.05, 0) is 89.3 Å². The molecule has 2 heterocycles. The van der Waals surface area contributed by atoms with Crippen molar-refractivity contribution in [2.45, 2.75) is 6.92 Å². The van der Waals surface area contributed by atoms with E-state index in [1.807, 2.05) is 0 Å². The number of aryl methyl sites for hydroxylation is 1.